The van der Waals surface area contributed by atoms with Gasteiger partial charge >= 0.3 is 0 Å². The number of rotatable bonds is 6. The molecular weight excluding hydrogens is 424 g/mol. The lowest BCUT2D eigenvalue weighted by Gasteiger charge is -2.36. The fraction of sp³-hybridized carbons (Fsp3) is 0.409. The number of hydrogen-bond acceptors (Lipinski definition) is 4. The summed E-state index contributed by atoms with van der Waals surface area (Å²) in [5, 5.41) is 10.8. The maximum absolute atomic E-state index is 13.4. The van der Waals surface area contributed by atoms with E-state index in [0.29, 0.717) is 23.6 Å². The molecule has 0 heterocycles. The number of aryl methyl sites for hydroxylation is 1. The van der Waals surface area contributed by atoms with Crippen molar-refractivity contribution in [2.24, 2.45) is 0 Å². The van der Waals surface area contributed by atoms with Crippen molar-refractivity contribution in [1.29, 1.82) is 0 Å². The van der Waals surface area contributed by atoms with Crippen LogP contribution < -0.4 is 4.31 Å². The number of hydrogen-bond donors (Lipinski definition) is 1. The third-order valence-corrected chi connectivity index (χ3v) is 7.63. The van der Waals surface area contributed by atoms with Gasteiger partial charge in [0.15, 0.2) is 0 Å². The quantitative estimate of drug-likeness (QED) is 0.729. The zero-order chi connectivity index (χ0) is 21.9. The lowest BCUT2D eigenvalue weighted by molar-refractivity contribution is -0.133. The molecule has 2 atom stereocenters. The number of carbonyl (C=O) groups is 1. The summed E-state index contributed by atoms with van der Waals surface area (Å²) >= 11 is 5.97. The van der Waals surface area contributed by atoms with Crippen molar-refractivity contribution in [3.63, 3.8) is 0 Å². The lowest BCUT2D eigenvalue weighted by Crippen LogP contribution is -2.50. The van der Waals surface area contributed by atoms with E-state index < -0.39 is 16.1 Å². The van der Waals surface area contributed by atoms with Crippen molar-refractivity contribution in [2.75, 3.05) is 17.9 Å². The van der Waals surface area contributed by atoms with Crippen LogP contribution in [0.1, 0.15) is 31.2 Å². The van der Waals surface area contributed by atoms with Crippen molar-refractivity contribution >= 4 is 33.2 Å². The number of aliphatic hydroxyl groups excluding tert-OH is 1. The molecule has 1 aliphatic carbocycles. The largest absolute Gasteiger partial charge is 0.391 e. The Kier molecular flexibility index (Phi) is 7.06. The second-order valence-corrected chi connectivity index (χ2v) is 10.0. The highest BCUT2D eigenvalue weighted by Gasteiger charge is 2.33. The van der Waals surface area contributed by atoms with Crippen LogP contribution in [0.5, 0.6) is 0 Å². The minimum absolute atomic E-state index is 0.108. The van der Waals surface area contributed by atoms with E-state index in [0.717, 1.165) is 22.7 Å². The smallest absolute Gasteiger partial charge is 0.264 e. The number of amides is 1. The average Bonchev–Trinajstić information content (AvgIpc) is 2.72. The Morgan fingerprint density at radius 1 is 1.07 bits per heavy atom. The summed E-state index contributed by atoms with van der Waals surface area (Å²) in [6, 6.07) is 12.5. The standard InChI is InChI=1S/C22H27ClN2O4S/c1-16-7-13-19(14-8-16)30(28,29)25(18-11-9-17(23)10-12-18)15-22(27)24(2)20-5-3-4-6-21(20)26/h7-14,20-21,26H,3-6,15H2,1-2H3. The van der Waals surface area contributed by atoms with Crippen LogP contribution in [0, 0.1) is 6.92 Å². The number of likely N-dealkylation sites (N-methyl/N-ethyl adjacent to an activating group) is 1. The summed E-state index contributed by atoms with van der Waals surface area (Å²) in [7, 11) is -2.35. The van der Waals surface area contributed by atoms with E-state index >= 15 is 0 Å². The molecule has 0 bridgehead atoms. The van der Waals surface area contributed by atoms with Crippen LogP contribution in [0.25, 0.3) is 0 Å². The summed E-state index contributed by atoms with van der Waals surface area (Å²) in [5.74, 6) is -0.369. The first-order valence-corrected chi connectivity index (χ1v) is 11.8. The molecule has 2 unspecified atom stereocenters. The van der Waals surface area contributed by atoms with Gasteiger partial charge in [-0.15, -0.1) is 0 Å². The number of sulfonamides is 1. The topological polar surface area (TPSA) is 77.9 Å². The molecule has 0 aliphatic heterocycles. The van der Waals surface area contributed by atoms with Gasteiger partial charge in [0.05, 0.1) is 22.7 Å². The number of carbonyl (C=O) groups excluding carboxylic acids is 1. The molecule has 1 aliphatic rings. The van der Waals surface area contributed by atoms with Crippen LogP contribution >= 0.6 is 11.6 Å². The molecule has 8 heteroatoms. The van der Waals surface area contributed by atoms with Crippen LogP contribution in [-0.4, -0.2) is 50.1 Å². The molecule has 1 N–H and O–H groups in total. The highest BCUT2D eigenvalue weighted by molar-refractivity contribution is 7.92. The molecule has 2 aromatic carbocycles. The molecule has 2 aromatic rings. The fourth-order valence-corrected chi connectivity index (χ4v) is 5.26. The number of aliphatic hydroxyl groups is 1. The molecule has 1 amide bonds. The van der Waals surface area contributed by atoms with Crippen LogP contribution in [-0.2, 0) is 14.8 Å². The average molecular weight is 451 g/mol. The summed E-state index contributed by atoms with van der Waals surface area (Å²) in [5.41, 5.74) is 1.29. The molecule has 30 heavy (non-hydrogen) atoms. The van der Waals surface area contributed by atoms with E-state index in [4.69, 9.17) is 11.6 Å². The van der Waals surface area contributed by atoms with Gasteiger partial charge < -0.3 is 10.0 Å². The first-order valence-electron chi connectivity index (χ1n) is 9.99. The van der Waals surface area contributed by atoms with Crippen molar-refractivity contribution in [3.8, 4) is 0 Å². The van der Waals surface area contributed by atoms with Gasteiger partial charge in [-0.05, 0) is 56.2 Å². The zero-order valence-corrected chi connectivity index (χ0v) is 18.7. The van der Waals surface area contributed by atoms with Crippen molar-refractivity contribution < 1.29 is 18.3 Å². The Balaban J connectivity index is 1.92. The SMILES string of the molecule is Cc1ccc(S(=O)(=O)N(CC(=O)N(C)C2CCCCC2O)c2ccc(Cl)cc2)cc1. The maximum Gasteiger partial charge on any atom is 0.264 e. The summed E-state index contributed by atoms with van der Waals surface area (Å²) in [4.78, 5) is 14.6. The zero-order valence-electron chi connectivity index (χ0n) is 17.2. The monoisotopic (exact) mass is 450 g/mol. The van der Waals surface area contributed by atoms with Crippen molar-refractivity contribution in [1.82, 2.24) is 4.90 Å². The summed E-state index contributed by atoms with van der Waals surface area (Å²) in [6.07, 6.45) is 2.62. The Morgan fingerprint density at radius 2 is 1.67 bits per heavy atom. The first kappa shape index (κ1) is 22.6. The van der Waals surface area contributed by atoms with Gasteiger partial charge in [0, 0.05) is 12.1 Å². The minimum atomic E-state index is -3.98. The number of benzene rings is 2. The van der Waals surface area contributed by atoms with E-state index in [2.05, 4.69) is 0 Å². The molecule has 0 spiro atoms. The molecule has 0 aromatic heterocycles. The molecule has 0 radical (unpaired) electrons. The van der Waals surface area contributed by atoms with Crippen molar-refractivity contribution in [2.45, 2.75) is 49.6 Å². The predicted molar refractivity (Wildman–Crippen MR) is 118 cm³/mol. The molecular formula is C22H27ClN2O4S. The molecule has 6 nitrogen and oxygen atoms in total. The van der Waals surface area contributed by atoms with Crippen LogP contribution in [0.3, 0.4) is 0 Å². The van der Waals surface area contributed by atoms with E-state index in [1.165, 1.54) is 17.0 Å². The van der Waals surface area contributed by atoms with Gasteiger partial charge in [0.2, 0.25) is 5.91 Å². The van der Waals surface area contributed by atoms with Gasteiger partial charge in [-0.25, -0.2) is 8.42 Å². The Bertz CT molecular complexity index is 977. The fourth-order valence-electron chi connectivity index (χ4n) is 3.72. The third kappa shape index (κ3) is 4.96. The highest BCUT2D eigenvalue weighted by atomic mass is 35.5. The second kappa shape index (κ2) is 9.37. The van der Waals surface area contributed by atoms with E-state index in [1.807, 2.05) is 6.92 Å². The van der Waals surface area contributed by atoms with Gasteiger partial charge in [-0.2, -0.15) is 0 Å². The molecule has 162 valence electrons. The molecule has 1 saturated carbocycles. The number of anilines is 1. The predicted octanol–water partition coefficient (Wildman–Crippen LogP) is 3.61. The van der Waals surface area contributed by atoms with E-state index in [9.17, 15) is 18.3 Å². The van der Waals surface area contributed by atoms with Crippen LogP contribution in [0.15, 0.2) is 53.4 Å². The van der Waals surface area contributed by atoms with Crippen molar-refractivity contribution in [3.05, 3.63) is 59.1 Å². The van der Waals surface area contributed by atoms with Gasteiger partial charge in [0.25, 0.3) is 10.0 Å². The molecule has 1 fully saturated rings. The molecule has 0 saturated heterocycles. The van der Waals surface area contributed by atoms with Crippen LogP contribution in [0.4, 0.5) is 5.69 Å². The van der Waals surface area contributed by atoms with E-state index in [-0.39, 0.29) is 23.4 Å². The summed E-state index contributed by atoms with van der Waals surface area (Å²) in [6.45, 7) is 1.51. The third-order valence-electron chi connectivity index (χ3n) is 5.59. The minimum Gasteiger partial charge on any atom is -0.391 e. The van der Waals surface area contributed by atoms with Crippen LogP contribution in [0.2, 0.25) is 5.02 Å². The lowest BCUT2D eigenvalue weighted by atomic mass is 9.91. The normalized spacial score (nSPS) is 19.3. The number of nitrogens with zero attached hydrogens (tertiary/aromatic N) is 2. The van der Waals surface area contributed by atoms with E-state index in [1.54, 1.807) is 43.4 Å². The van der Waals surface area contributed by atoms with Gasteiger partial charge in [-0.3, -0.25) is 9.10 Å². The van der Waals surface area contributed by atoms with Gasteiger partial charge in [0.1, 0.15) is 6.54 Å². The Labute approximate surface area is 183 Å². The maximum atomic E-state index is 13.4. The second-order valence-electron chi connectivity index (χ2n) is 7.72. The van der Waals surface area contributed by atoms with Gasteiger partial charge in [-0.1, -0.05) is 42.1 Å². The first-order chi connectivity index (χ1) is 14.2. The summed E-state index contributed by atoms with van der Waals surface area (Å²) < 4.78 is 27.9. The molecule has 3 rings (SSSR count). The number of halogens is 1. The Hall–Kier alpha value is -2.09. The highest BCUT2D eigenvalue weighted by Crippen LogP contribution is 2.27. The Morgan fingerprint density at radius 3 is 2.27 bits per heavy atom.